The highest BCUT2D eigenvalue weighted by Crippen LogP contribution is 2.21. The summed E-state index contributed by atoms with van der Waals surface area (Å²) in [5, 5.41) is 3.75. The van der Waals surface area contributed by atoms with Crippen molar-refractivity contribution in [2.24, 2.45) is 5.92 Å². The van der Waals surface area contributed by atoms with E-state index in [2.05, 4.69) is 24.1 Å². The maximum absolute atomic E-state index is 3.75. The number of hydrogen-bond donors (Lipinski definition) is 1. The van der Waals surface area contributed by atoms with Gasteiger partial charge in [0.1, 0.15) is 0 Å². The van der Waals surface area contributed by atoms with Crippen LogP contribution in [0.4, 0.5) is 0 Å². The van der Waals surface area contributed by atoms with E-state index in [1.54, 1.807) is 0 Å². The molecule has 1 N–H and O–H groups in total. The third-order valence-corrected chi connectivity index (χ3v) is 3.96. The van der Waals surface area contributed by atoms with Crippen LogP contribution in [0.1, 0.15) is 46.0 Å². The molecule has 2 saturated heterocycles. The van der Waals surface area contributed by atoms with Gasteiger partial charge in [0.15, 0.2) is 0 Å². The first-order chi connectivity index (χ1) is 7.28. The van der Waals surface area contributed by atoms with Crippen LogP contribution in [-0.4, -0.2) is 36.6 Å². The van der Waals surface area contributed by atoms with Gasteiger partial charge in [0.25, 0.3) is 0 Å². The van der Waals surface area contributed by atoms with E-state index in [1.807, 2.05) is 0 Å². The first-order valence-corrected chi connectivity index (χ1v) is 6.76. The molecule has 0 saturated carbocycles. The minimum atomic E-state index is 0.798. The zero-order valence-electron chi connectivity index (χ0n) is 10.3. The second kappa shape index (κ2) is 5.31. The molecule has 2 aliphatic rings. The number of nitrogens with zero attached hydrogens (tertiary/aromatic N) is 1. The number of nitrogens with one attached hydrogen (secondary N) is 1. The Labute approximate surface area is 94.4 Å². The van der Waals surface area contributed by atoms with Gasteiger partial charge >= 0.3 is 0 Å². The minimum Gasteiger partial charge on any atom is -0.310 e. The topological polar surface area (TPSA) is 15.3 Å². The van der Waals surface area contributed by atoms with Crippen LogP contribution in [-0.2, 0) is 0 Å². The summed E-state index contributed by atoms with van der Waals surface area (Å²) in [6.45, 7) is 8.63. The average molecular weight is 210 g/mol. The third-order valence-electron chi connectivity index (χ3n) is 3.96. The van der Waals surface area contributed by atoms with Crippen molar-refractivity contribution in [1.29, 1.82) is 0 Å². The van der Waals surface area contributed by atoms with Crippen LogP contribution in [0.2, 0.25) is 0 Å². The van der Waals surface area contributed by atoms with Gasteiger partial charge in [-0.15, -0.1) is 0 Å². The summed E-state index contributed by atoms with van der Waals surface area (Å²) in [6, 6.07) is 1.63. The van der Waals surface area contributed by atoms with Crippen LogP contribution in [0.5, 0.6) is 0 Å². The summed E-state index contributed by atoms with van der Waals surface area (Å²) in [5.74, 6) is 0.881. The van der Waals surface area contributed by atoms with Gasteiger partial charge in [0.05, 0.1) is 0 Å². The molecule has 0 aromatic heterocycles. The Morgan fingerprint density at radius 1 is 1.27 bits per heavy atom. The van der Waals surface area contributed by atoms with Gasteiger partial charge in [-0.1, -0.05) is 20.3 Å². The smallest absolute Gasteiger partial charge is 0.0198 e. The van der Waals surface area contributed by atoms with E-state index in [0.717, 1.165) is 18.0 Å². The Hall–Kier alpha value is -0.0800. The van der Waals surface area contributed by atoms with Crippen molar-refractivity contribution in [3.05, 3.63) is 0 Å². The summed E-state index contributed by atoms with van der Waals surface area (Å²) in [6.07, 6.45) is 6.92. The predicted molar refractivity (Wildman–Crippen MR) is 65.1 cm³/mol. The Bertz CT molecular complexity index is 193. The molecular weight excluding hydrogens is 184 g/mol. The molecule has 0 aliphatic carbocycles. The van der Waals surface area contributed by atoms with Crippen LogP contribution in [0.25, 0.3) is 0 Å². The van der Waals surface area contributed by atoms with Crippen LogP contribution in [0.3, 0.4) is 0 Å². The number of hydrogen-bond acceptors (Lipinski definition) is 2. The molecule has 2 bridgehead atoms. The first-order valence-electron chi connectivity index (χ1n) is 6.76. The molecule has 0 spiro atoms. The Kier molecular flexibility index (Phi) is 4.04. The van der Waals surface area contributed by atoms with Crippen molar-refractivity contribution in [1.82, 2.24) is 10.2 Å². The highest BCUT2D eigenvalue weighted by Gasteiger charge is 2.29. The molecule has 3 atom stereocenters. The van der Waals surface area contributed by atoms with Crippen molar-refractivity contribution >= 4 is 0 Å². The van der Waals surface area contributed by atoms with Crippen LogP contribution < -0.4 is 5.32 Å². The second-order valence-electron chi connectivity index (χ2n) is 5.58. The fraction of sp³-hybridized carbons (Fsp3) is 1.00. The Morgan fingerprint density at radius 3 is 2.87 bits per heavy atom. The Morgan fingerprint density at radius 2 is 2.07 bits per heavy atom. The Balaban J connectivity index is 1.78. The quantitative estimate of drug-likeness (QED) is 0.765. The summed E-state index contributed by atoms with van der Waals surface area (Å²) in [7, 11) is 0. The van der Waals surface area contributed by atoms with Crippen LogP contribution >= 0.6 is 0 Å². The second-order valence-corrected chi connectivity index (χ2v) is 5.58. The van der Waals surface area contributed by atoms with Gasteiger partial charge in [0, 0.05) is 25.2 Å². The number of rotatable bonds is 4. The molecule has 2 heterocycles. The summed E-state index contributed by atoms with van der Waals surface area (Å²) in [4.78, 5) is 2.69. The molecule has 2 aliphatic heterocycles. The van der Waals surface area contributed by atoms with Crippen molar-refractivity contribution in [3.63, 3.8) is 0 Å². The molecule has 3 unspecified atom stereocenters. The SMILES string of the molecule is CCCC(C)CN1CCC2CCC(C1)N2. The average Bonchev–Trinajstić information content (AvgIpc) is 2.51. The summed E-state index contributed by atoms with van der Waals surface area (Å²) >= 11 is 0. The molecule has 2 rings (SSSR count). The van der Waals surface area contributed by atoms with E-state index in [9.17, 15) is 0 Å². The zero-order valence-corrected chi connectivity index (χ0v) is 10.3. The molecule has 15 heavy (non-hydrogen) atoms. The molecule has 0 amide bonds. The van der Waals surface area contributed by atoms with Crippen molar-refractivity contribution in [2.45, 2.75) is 58.0 Å². The van der Waals surface area contributed by atoms with E-state index in [0.29, 0.717) is 0 Å². The maximum Gasteiger partial charge on any atom is 0.0198 e. The number of likely N-dealkylation sites (tertiary alicyclic amines) is 1. The van der Waals surface area contributed by atoms with Crippen LogP contribution in [0, 0.1) is 5.92 Å². The largest absolute Gasteiger partial charge is 0.310 e. The molecule has 0 radical (unpaired) electrons. The lowest BCUT2D eigenvalue weighted by Gasteiger charge is -2.26. The van der Waals surface area contributed by atoms with Crippen molar-refractivity contribution in [3.8, 4) is 0 Å². The maximum atomic E-state index is 3.75. The zero-order chi connectivity index (χ0) is 10.7. The number of fused-ring (bicyclic) bond motifs is 2. The molecule has 2 nitrogen and oxygen atoms in total. The monoisotopic (exact) mass is 210 g/mol. The summed E-state index contributed by atoms with van der Waals surface area (Å²) in [5.41, 5.74) is 0. The highest BCUT2D eigenvalue weighted by atomic mass is 15.2. The lowest BCUT2D eigenvalue weighted by Crippen LogP contribution is -2.37. The molecule has 0 aromatic carbocycles. The molecule has 0 aromatic rings. The van der Waals surface area contributed by atoms with Gasteiger partial charge in [-0.25, -0.2) is 0 Å². The molecule has 2 fully saturated rings. The third kappa shape index (κ3) is 3.18. The molecule has 2 heteroatoms. The van der Waals surface area contributed by atoms with Gasteiger partial charge in [0.2, 0.25) is 0 Å². The van der Waals surface area contributed by atoms with E-state index in [-0.39, 0.29) is 0 Å². The standard InChI is InChI=1S/C13H26N2/c1-3-4-11(2)9-15-8-7-12-5-6-13(10-15)14-12/h11-14H,3-10H2,1-2H3. The lowest BCUT2D eigenvalue weighted by atomic mass is 10.0. The van der Waals surface area contributed by atoms with Gasteiger partial charge in [-0.2, -0.15) is 0 Å². The van der Waals surface area contributed by atoms with Crippen LogP contribution in [0.15, 0.2) is 0 Å². The van der Waals surface area contributed by atoms with E-state index in [4.69, 9.17) is 0 Å². The predicted octanol–water partition coefficient (Wildman–Crippen LogP) is 2.25. The lowest BCUT2D eigenvalue weighted by molar-refractivity contribution is 0.221. The normalized spacial score (nSPS) is 34.0. The van der Waals surface area contributed by atoms with Crippen molar-refractivity contribution < 1.29 is 0 Å². The van der Waals surface area contributed by atoms with Crippen molar-refractivity contribution in [2.75, 3.05) is 19.6 Å². The van der Waals surface area contributed by atoms with E-state index >= 15 is 0 Å². The van der Waals surface area contributed by atoms with Gasteiger partial charge < -0.3 is 10.2 Å². The molecular formula is C13H26N2. The van der Waals surface area contributed by atoms with E-state index < -0.39 is 0 Å². The first kappa shape index (κ1) is 11.4. The fourth-order valence-electron chi connectivity index (χ4n) is 3.21. The minimum absolute atomic E-state index is 0.798. The highest BCUT2D eigenvalue weighted by molar-refractivity contribution is 4.89. The van der Waals surface area contributed by atoms with Gasteiger partial charge in [-0.3, -0.25) is 0 Å². The van der Waals surface area contributed by atoms with E-state index in [1.165, 1.54) is 51.7 Å². The van der Waals surface area contributed by atoms with Gasteiger partial charge in [-0.05, 0) is 38.1 Å². The molecule has 88 valence electrons. The summed E-state index contributed by atoms with van der Waals surface area (Å²) < 4.78 is 0. The fourth-order valence-corrected chi connectivity index (χ4v) is 3.21.